The number of aliphatic hydroxyl groups is 1. The van der Waals surface area contributed by atoms with Crippen LogP contribution in [0.25, 0.3) is 27.7 Å². The van der Waals surface area contributed by atoms with Crippen molar-refractivity contribution < 1.29 is 18.3 Å². The minimum atomic E-state index is -4.55. The van der Waals surface area contributed by atoms with Gasteiger partial charge in [-0.05, 0) is 73.4 Å². The maximum atomic E-state index is 14.3. The fourth-order valence-electron chi connectivity index (χ4n) is 5.42. The van der Waals surface area contributed by atoms with Crippen LogP contribution < -0.4 is 0 Å². The van der Waals surface area contributed by atoms with Crippen molar-refractivity contribution in [1.29, 1.82) is 0 Å². The van der Waals surface area contributed by atoms with Gasteiger partial charge in [0, 0.05) is 35.8 Å². The molecule has 34 heavy (non-hydrogen) atoms. The molecule has 178 valence electrons. The van der Waals surface area contributed by atoms with Gasteiger partial charge in [-0.3, -0.25) is 4.40 Å². The Balaban J connectivity index is 1.39. The molecule has 1 N–H and O–H groups in total. The lowest BCUT2D eigenvalue weighted by molar-refractivity contribution is -0.136. The molecule has 2 saturated carbocycles. The van der Waals surface area contributed by atoms with E-state index in [0.29, 0.717) is 29.8 Å². The summed E-state index contributed by atoms with van der Waals surface area (Å²) in [6, 6.07) is 9.31. The fourth-order valence-corrected chi connectivity index (χ4v) is 5.42. The molecule has 4 aromatic rings. The lowest BCUT2D eigenvalue weighted by Crippen LogP contribution is -2.20. The molecule has 0 bridgehead atoms. The summed E-state index contributed by atoms with van der Waals surface area (Å²) in [4.78, 5) is 0. The maximum absolute atomic E-state index is 14.3. The molecule has 0 radical (unpaired) electrons. The number of aryl methyl sites for hydroxylation is 1. The zero-order valence-electron chi connectivity index (χ0n) is 18.8. The Morgan fingerprint density at radius 3 is 2.47 bits per heavy atom. The number of aliphatic hydroxyl groups excluding tert-OH is 1. The molecule has 2 aliphatic rings. The van der Waals surface area contributed by atoms with Gasteiger partial charge in [0.2, 0.25) is 0 Å². The summed E-state index contributed by atoms with van der Waals surface area (Å²) in [5.41, 5.74) is 0.775. The molecule has 0 unspecified atom stereocenters. The van der Waals surface area contributed by atoms with E-state index in [-0.39, 0.29) is 17.3 Å². The monoisotopic (exact) mass is 468 g/mol. The first-order valence-electron chi connectivity index (χ1n) is 12.1. The van der Waals surface area contributed by atoms with Gasteiger partial charge in [-0.15, -0.1) is 10.2 Å². The van der Waals surface area contributed by atoms with E-state index in [0.717, 1.165) is 43.0 Å². The molecule has 0 saturated heterocycles. The van der Waals surface area contributed by atoms with Gasteiger partial charge < -0.3 is 9.67 Å². The normalized spacial score (nSPS) is 21.5. The molecule has 0 spiro atoms. The Morgan fingerprint density at radius 2 is 1.74 bits per heavy atom. The number of aromatic nitrogens is 4. The number of halogens is 3. The smallest absolute Gasteiger partial charge is 0.393 e. The van der Waals surface area contributed by atoms with Crippen molar-refractivity contribution >= 4 is 16.6 Å². The van der Waals surface area contributed by atoms with Crippen LogP contribution in [0.3, 0.4) is 0 Å². The molecule has 3 heterocycles. The number of hydrogen-bond acceptors (Lipinski definition) is 3. The molecular formula is C26H27F3N4O. The van der Waals surface area contributed by atoms with Crippen LogP contribution in [0, 0.1) is 5.92 Å². The van der Waals surface area contributed by atoms with Gasteiger partial charge in [-0.25, -0.2) is 0 Å². The third-order valence-electron chi connectivity index (χ3n) is 7.50. The number of nitrogens with zero attached hydrogens (tertiary/aromatic N) is 4. The summed E-state index contributed by atoms with van der Waals surface area (Å²) in [6.07, 6.45) is 6.22. The molecule has 1 aromatic carbocycles. The van der Waals surface area contributed by atoms with Crippen LogP contribution in [0.15, 0.2) is 42.7 Å². The second kappa shape index (κ2) is 8.12. The quantitative estimate of drug-likeness (QED) is 0.380. The van der Waals surface area contributed by atoms with Gasteiger partial charge in [-0.1, -0.05) is 18.9 Å². The molecule has 0 atom stereocenters. The molecular weight excluding hydrogens is 441 g/mol. The van der Waals surface area contributed by atoms with Gasteiger partial charge in [0.25, 0.3) is 0 Å². The van der Waals surface area contributed by atoms with Gasteiger partial charge in [-0.2, -0.15) is 13.2 Å². The average Bonchev–Trinajstić information content (AvgIpc) is 3.41. The standard InChI is InChI=1S/C26H27F3N4O/c27-26(28,29)24-21(12-14-33-23(30-31-25(24)33)10-3-16-1-2-16)17-4-9-22-18(15-17)11-13-32(22)19-5-7-20(34)8-6-19/h4,9,11-16,19-20,34H,1-3,5-8,10H2/t19-,20-. The zero-order chi connectivity index (χ0) is 23.4. The first kappa shape index (κ1) is 21.6. The van der Waals surface area contributed by atoms with E-state index in [9.17, 15) is 18.3 Å². The van der Waals surface area contributed by atoms with E-state index in [4.69, 9.17) is 0 Å². The molecule has 2 fully saturated rings. The minimum absolute atomic E-state index is 0.122. The van der Waals surface area contributed by atoms with Gasteiger partial charge in [0.05, 0.1) is 6.10 Å². The van der Waals surface area contributed by atoms with Crippen LogP contribution >= 0.6 is 0 Å². The SMILES string of the molecule is O[C@H]1CC[C@H](n2ccc3cc(-c4ccn5c(CCC6CC6)nnc5c4C(F)(F)F)ccc32)CC1. The van der Waals surface area contributed by atoms with Crippen LogP contribution in [0.5, 0.6) is 0 Å². The highest BCUT2D eigenvalue weighted by atomic mass is 19.4. The van der Waals surface area contributed by atoms with Crippen molar-refractivity contribution in [2.24, 2.45) is 5.92 Å². The third kappa shape index (κ3) is 3.87. The Morgan fingerprint density at radius 1 is 0.941 bits per heavy atom. The van der Waals surface area contributed by atoms with Gasteiger partial charge in [0.15, 0.2) is 5.65 Å². The van der Waals surface area contributed by atoms with Crippen molar-refractivity contribution in [3.8, 4) is 11.1 Å². The summed E-state index contributed by atoms with van der Waals surface area (Å²) in [5.74, 6) is 1.26. The second-order valence-corrected chi connectivity index (χ2v) is 9.85. The molecule has 3 aromatic heterocycles. The Bertz CT molecular complexity index is 1340. The first-order valence-corrected chi connectivity index (χ1v) is 12.1. The number of rotatable bonds is 5. The van der Waals surface area contributed by atoms with Gasteiger partial charge in [0.1, 0.15) is 11.4 Å². The first-order chi connectivity index (χ1) is 16.4. The van der Waals surface area contributed by atoms with Crippen molar-refractivity contribution in [1.82, 2.24) is 19.2 Å². The number of hydrogen-bond donors (Lipinski definition) is 1. The largest absolute Gasteiger partial charge is 0.420 e. The number of benzene rings is 1. The number of fused-ring (bicyclic) bond motifs is 2. The van der Waals surface area contributed by atoms with E-state index in [2.05, 4.69) is 14.8 Å². The Kier molecular flexibility index (Phi) is 5.17. The predicted molar refractivity (Wildman–Crippen MR) is 123 cm³/mol. The second-order valence-electron chi connectivity index (χ2n) is 9.85. The van der Waals surface area contributed by atoms with Crippen molar-refractivity contribution in [2.75, 3.05) is 0 Å². The maximum Gasteiger partial charge on any atom is 0.420 e. The Labute approximate surface area is 195 Å². The summed E-state index contributed by atoms with van der Waals surface area (Å²) < 4.78 is 46.6. The fraction of sp³-hybridized carbons (Fsp3) is 0.462. The van der Waals surface area contributed by atoms with E-state index in [1.165, 1.54) is 17.2 Å². The summed E-state index contributed by atoms with van der Waals surface area (Å²) >= 11 is 0. The molecule has 0 amide bonds. The predicted octanol–water partition coefficient (Wildman–Crippen LogP) is 6.19. The highest BCUT2D eigenvalue weighted by Crippen LogP contribution is 2.41. The van der Waals surface area contributed by atoms with Crippen LogP contribution in [-0.4, -0.2) is 30.4 Å². The van der Waals surface area contributed by atoms with E-state index >= 15 is 0 Å². The van der Waals surface area contributed by atoms with Crippen molar-refractivity contribution in [3.05, 3.63) is 54.1 Å². The summed E-state index contributed by atoms with van der Waals surface area (Å²) in [5, 5.41) is 18.8. The zero-order valence-corrected chi connectivity index (χ0v) is 18.8. The van der Waals surface area contributed by atoms with Crippen LogP contribution in [0.4, 0.5) is 13.2 Å². The van der Waals surface area contributed by atoms with E-state index in [1.807, 2.05) is 24.4 Å². The highest BCUT2D eigenvalue weighted by molar-refractivity contribution is 5.87. The number of alkyl halides is 3. The average molecular weight is 469 g/mol. The minimum Gasteiger partial charge on any atom is -0.393 e. The molecule has 0 aliphatic heterocycles. The number of pyridine rings is 1. The van der Waals surface area contributed by atoms with Crippen LogP contribution in [0.1, 0.15) is 62.4 Å². The molecule has 6 rings (SSSR count). The summed E-state index contributed by atoms with van der Waals surface area (Å²) in [7, 11) is 0. The Hall–Kier alpha value is -2.87. The van der Waals surface area contributed by atoms with Crippen LogP contribution in [-0.2, 0) is 12.6 Å². The topological polar surface area (TPSA) is 55.4 Å². The van der Waals surface area contributed by atoms with Gasteiger partial charge >= 0.3 is 6.18 Å². The molecule has 8 heteroatoms. The van der Waals surface area contributed by atoms with Crippen LogP contribution in [0.2, 0.25) is 0 Å². The lowest BCUT2D eigenvalue weighted by Gasteiger charge is -2.27. The van der Waals surface area contributed by atoms with E-state index < -0.39 is 11.7 Å². The van der Waals surface area contributed by atoms with Crippen molar-refractivity contribution in [2.45, 2.75) is 69.7 Å². The lowest BCUT2D eigenvalue weighted by atomic mass is 9.93. The molecule has 5 nitrogen and oxygen atoms in total. The van der Waals surface area contributed by atoms with E-state index in [1.54, 1.807) is 18.3 Å². The summed E-state index contributed by atoms with van der Waals surface area (Å²) in [6.45, 7) is 0. The highest BCUT2D eigenvalue weighted by Gasteiger charge is 2.38. The van der Waals surface area contributed by atoms with Crippen molar-refractivity contribution in [3.63, 3.8) is 0 Å². The molecule has 2 aliphatic carbocycles. The third-order valence-corrected chi connectivity index (χ3v) is 7.50.